The van der Waals surface area contributed by atoms with Crippen molar-refractivity contribution in [1.29, 1.82) is 0 Å². The second-order valence-corrected chi connectivity index (χ2v) is 4.67. The van der Waals surface area contributed by atoms with Gasteiger partial charge in [-0.05, 0) is 19.4 Å². The molecule has 1 aliphatic rings. The lowest BCUT2D eigenvalue weighted by Crippen LogP contribution is -2.30. The van der Waals surface area contributed by atoms with Crippen molar-refractivity contribution < 1.29 is 19.5 Å². The molecule has 0 saturated carbocycles. The first-order valence-corrected chi connectivity index (χ1v) is 6.28. The Morgan fingerprint density at radius 3 is 2.63 bits per heavy atom. The second kappa shape index (κ2) is 5.40. The SMILES string of the molecule is CCOC(=O)[C@H]1C(=O)N(O)C[C@@H]1c1ccc(C)cc1. The molecule has 1 fully saturated rings. The summed E-state index contributed by atoms with van der Waals surface area (Å²) in [6.07, 6.45) is 0. The summed E-state index contributed by atoms with van der Waals surface area (Å²) in [6, 6.07) is 7.58. The zero-order valence-corrected chi connectivity index (χ0v) is 11.0. The maximum absolute atomic E-state index is 11.9. The summed E-state index contributed by atoms with van der Waals surface area (Å²) in [4.78, 5) is 23.7. The molecule has 102 valence electrons. The summed E-state index contributed by atoms with van der Waals surface area (Å²) >= 11 is 0. The van der Waals surface area contributed by atoms with Crippen LogP contribution in [0, 0.1) is 12.8 Å². The Bertz CT molecular complexity index is 483. The number of ether oxygens (including phenoxy) is 1. The van der Waals surface area contributed by atoms with Crippen LogP contribution in [0.1, 0.15) is 24.0 Å². The van der Waals surface area contributed by atoms with E-state index in [0.29, 0.717) is 5.06 Å². The lowest BCUT2D eigenvalue weighted by molar-refractivity contribution is -0.165. The molecule has 2 atom stereocenters. The maximum Gasteiger partial charge on any atom is 0.319 e. The van der Waals surface area contributed by atoms with Gasteiger partial charge in [0.2, 0.25) is 0 Å². The Hall–Kier alpha value is -1.88. The number of rotatable bonds is 3. The lowest BCUT2D eigenvalue weighted by Gasteiger charge is -2.15. The van der Waals surface area contributed by atoms with Gasteiger partial charge in [0.25, 0.3) is 5.91 Å². The minimum atomic E-state index is -0.951. The normalized spacial score (nSPS) is 22.7. The molecule has 1 amide bonds. The van der Waals surface area contributed by atoms with Crippen LogP contribution in [0.15, 0.2) is 24.3 Å². The second-order valence-electron chi connectivity index (χ2n) is 4.67. The Labute approximate surface area is 111 Å². The Balaban J connectivity index is 2.29. The van der Waals surface area contributed by atoms with Crippen molar-refractivity contribution in [1.82, 2.24) is 5.06 Å². The molecule has 0 aliphatic carbocycles. The van der Waals surface area contributed by atoms with E-state index < -0.39 is 17.8 Å². The smallest absolute Gasteiger partial charge is 0.319 e. The molecule has 1 aliphatic heterocycles. The van der Waals surface area contributed by atoms with E-state index in [1.165, 1.54) is 0 Å². The Morgan fingerprint density at radius 2 is 2.05 bits per heavy atom. The van der Waals surface area contributed by atoms with Gasteiger partial charge in [-0.3, -0.25) is 14.8 Å². The van der Waals surface area contributed by atoms with Gasteiger partial charge in [0, 0.05) is 5.92 Å². The highest BCUT2D eigenvalue weighted by Gasteiger charge is 2.46. The fourth-order valence-electron chi connectivity index (χ4n) is 2.32. The number of carbonyl (C=O) groups excluding carboxylic acids is 2. The van der Waals surface area contributed by atoms with Gasteiger partial charge < -0.3 is 4.74 Å². The zero-order valence-electron chi connectivity index (χ0n) is 11.0. The molecule has 5 nitrogen and oxygen atoms in total. The average molecular weight is 263 g/mol. The quantitative estimate of drug-likeness (QED) is 0.509. The van der Waals surface area contributed by atoms with Gasteiger partial charge in [-0.15, -0.1) is 0 Å². The standard InChI is InChI=1S/C14H17NO4/c1-3-19-14(17)12-11(8-15(18)13(12)16)10-6-4-9(2)5-7-10/h4-7,11-12,18H,3,8H2,1-2H3/t11-,12-/m1/s1. The molecule has 0 aromatic heterocycles. The van der Waals surface area contributed by atoms with E-state index in [1.54, 1.807) is 6.92 Å². The molecule has 0 spiro atoms. The van der Waals surface area contributed by atoms with Crippen molar-refractivity contribution in [2.75, 3.05) is 13.2 Å². The Kier molecular flexibility index (Phi) is 3.85. The van der Waals surface area contributed by atoms with E-state index in [0.717, 1.165) is 11.1 Å². The van der Waals surface area contributed by atoms with E-state index in [1.807, 2.05) is 31.2 Å². The van der Waals surface area contributed by atoms with Crippen molar-refractivity contribution in [3.8, 4) is 0 Å². The number of nitrogens with zero attached hydrogens (tertiary/aromatic N) is 1. The third kappa shape index (κ3) is 2.61. The van der Waals surface area contributed by atoms with Crippen LogP contribution in [0.4, 0.5) is 0 Å². The average Bonchev–Trinajstić information content (AvgIpc) is 2.67. The fourth-order valence-corrected chi connectivity index (χ4v) is 2.32. The fraction of sp³-hybridized carbons (Fsp3) is 0.429. The summed E-state index contributed by atoms with van der Waals surface area (Å²) < 4.78 is 4.92. The van der Waals surface area contributed by atoms with Gasteiger partial charge in [0.15, 0.2) is 0 Å². The van der Waals surface area contributed by atoms with Crippen molar-refractivity contribution in [2.45, 2.75) is 19.8 Å². The van der Waals surface area contributed by atoms with Crippen LogP contribution in [0.3, 0.4) is 0 Å². The highest BCUT2D eigenvalue weighted by molar-refractivity contribution is 6.00. The number of esters is 1. The van der Waals surface area contributed by atoms with Gasteiger partial charge in [0.05, 0.1) is 13.2 Å². The summed E-state index contributed by atoms with van der Waals surface area (Å²) in [5, 5.41) is 10.2. The summed E-state index contributed by atoms with van der Waals surface area (Å²) in [5.74, 6) is -2.48. The predicted octanol–water partition coefficient (Wildman–Crippen LogP) is 1.49. The molecule has 1 N–H and O–H groups in total. The molecule has 0 unspecified atom stereocenters. The van der Waals surface area contributed by atoms with E-state index in [4.69, 9.17) is 4.74 Å². The van der Waals surface area contributed by atoms with Crippen LogP contribution in [0.2, 0.25) is 0 Å². The van der Waals surface area contributed by atoms with Gasteiger partial charge >= 0.3 is 5.97 Å². The maximum atomic E-state index is 11.9. The van der Waals surface area contributed by atoms with Crippen molar-refractivity contribution in [3.63, 3.8) is 0 Å². The minimum absolute atomic E-state index is 0.116. The van der Waals surface area contributed by atoms with Crippen LogP contribution < -0.4 is 0 Å². The highest BCUT2D eigenvalue weighted by Crippen LogP contribution is 2.33. The molecule has 1 saturated heterocycles. The number of hydrogen-bond donors (Lipinski definition) is 1. The van der Waals surface area contributed by atoms with Crippen molar-refractivity contribution in [2.24, 2.45) is 5.92 Å². The topological polar surface area (TPSA) is 66.8 Å². The minimum Gasteiger partial charge on any atom is -0.465 e. The van der Waals surface area contributed by atoms with E-state index >= 15 is 0 Å². The molecule has 1 aromatic carbocycles. The first-order chi connectivity index (χ1) is 9.04. The van der Waals surface area contributed by atoms with Gasteiger partial charge in [0.1, 0.15) is 5.92 Å². The van der Waals surface area contributed by atoms with E-state index in [9.17, 15) is 14.8 Å². The summed E-state index contributed by atoms with van der Waals surface area (Å²) in [6.45, 7) is 3.99. The van der Waals surface area contributed by atoms with E-state index in [-0.39, 0.29) is 19.1 Å². The van der Waals surface area contributed by atoms with Gasteiger partial charge in [-0.2, -0.15) is 0 Å². The molecule has 1 aromatic rings. The molecule has 0 radical (unpaired) electrons. The molecular weight excluding hydrogens is 246 g/mol. The first-order valence-electron chi connectivity index (χ1n) is 6.28. The Morgan fingerprint density at radius 1 is 1.42 bits per heavy atom. The van der Waals surface area contributed by atoms with Crippen molar-refractivity contribution >= 4 is 11.9 Å². The largest absolute Gasteiger partial charge is 0.465 e. The monoisotopic (exact) mass is 263 g/mol. The number of hydrogen-bond acceptors (Lipinski definition) is 4. The molecule has 19 heavy (non-hydrogen) atoms. The third-order valence-corrected chi connectivity index (χ3v) is 3.34. The lowest BCUT2D eigenvalue weighted by atomic mass is 9.88. The van der Waals surface area contributed by atoms with Gasteiger partial charge in [-0.1, -0.05) is 29.8 Å². The number of hydroxylamine groups is 2. The van der Waals surface area contributed by atoms with Gasteiger partial charge in [-0.25, -0.2) is 5.06 Å². The first kappa shape index (κ1) is 13.5. The number of amides is 1. The number of carbonyl (C=O) groups is 2. The van der Waals surface area contributed by atoms with Crippen LogP contribution >= 0.6 is 0 Å². The number of aryl methyl sites for hydroxylation is 1. The molecule has 5 heteroatoms. The molecular formula is C14H17NO4. The van der Waals surface area contributed by atoms with Crippen LogP contribution in [0.5, 0.6) is 0 Å². The van der Waals surface area contributed by atoms with Crippen LogP contribution in [-0.2, 0) is 14.3 Å². The summed E-state index contributed by atoms with van der Waals surface area (Å²) in [5.41, 5.74) is 1.95. The summed E-state index contributed by atoms with van der Waals surface area (Å²) in [7, 11) is 0. The third-order valence-electron chi connectivity index (χ3n) is 3.34. The number of benzene rings is 1. The van der Waals surface area contributed by atoms with Crippen LogP contribution in [-0.4, -0.2) is 35.3 Å². The molecule has 0 bridgehead atoms. The van der Waals surface area contributed by atoms with Crippen LogP contribution in [0.25, 0.3) is 0 Å². The molecule has 2 rings (SSSR count). The van der Waals surface area contributed by atoms with Crippen molar-refractivity contribution in [3.05, 3.63) is 35.4 Å². The molecule has 1 heterocycles. The highest BCUT2D eigenvalue weighted by atomic mass is 16.5. The predicted molar refractivity (Wildman–Crippen MR) is 67.5 cm³/mol. The zero-order chi connectivity index (χ0) is 14.0. The van der Waals surface area contributed by atoms with E-state index in [2.05, 4.69) is 0 Å².